The van der Waals surface area contributed by atoms with E-state index in [2.05, 4.69) is 80.6 Å². The summed E-state index contributed by atoms with van der Waals surface area (Å²) in [5.74, 6) is 1.36. The van der Waals surface area contributed by atoms with Crippen molar-refractivity contribution in [3.05, 3.63) is 72.5 Å². The van der Waals surface area contributed by atoms with Gasteiger partial charge in [0.15, 0.2) is 0 Å². The quantitative estimate of drug-likeness (QED) is 0.394. The number of allylic oxidation sites excluding steroid dienone is 5. The largest absolute Gasteiger partial charge is 0.507 e. The fourth-order valence-corrected chi connectivity index (χ4v) is 5.06. The molecule has 0 aromatic heterocycles. The van der Waals surface area contributed by atoms with E-state index >= 15 is 0 Å². The third-order valence-electron chi connectivity index (χ3n) is 6.74. The Morgan fingerprint density at radius 1 is 0.968 bits per heavy atom. The van der Waals surface area contributed by atoms with Crippen molar-refractivity contribution in [1.82, 2.24) is 4.90 Å². The van der Waals surface area contributed by atoms with E-state index in [1.54, 1.807) is 6.07 Å². The molecule has 1 aliphatic heterocycles. The number of hydrogen-bond acceptors (Lipinski definition) is 3. The molecule has 0 saturated heterocycles. The van der Waals surface area contributed by atoms with Crippen LogP contribution in [0, 0.1) is 5.92 Å². The average Bonchev–Trinajstić information content (AvgIpc) is 2.79. The van der Waals surface area contributed by atoms with Crippen LogP contribution in [0.3, 0.4) is 0 Å². The van der Waals surface area contributed by atoms with Crippen molar-refractivity contribution in [3.8, 4) is 11.5 Å². The highest BCUT2D eigenvalue weighted by atomic mass is 16.5. The van der Waals surface area contributed by atoms with Crippen molar-refractivity contribution < 1.29 is 9.84 Å². The Kier molecular flexibility index (Phi) is 8.45. The maximum atomic E-state index is 11.1. The molecule has 0 bridgehead atoms. The Morgan fingerprint density at radius 2 is 1.74 bits per heavy atom. The van der Waals surface area contributed by atoms with Crippen molar-refractivity contribution in [2.24, 2.45) is 5.92 Å². The zero-order valence-electron chi connectivity index (χ0n) is 19.5. The van der Waals surface area contributed by atoms with Crippen LogP contribution in [-0.4, -0.2) is 29.7 Å². The second-order valence-corrected chi connectivity index (χ2v) is 8.82. The molecular formula is C28H39NO2. The van der Waals surface area contributed by atoms with Crippen LogP contribution < -0.4 is 4.74 Å². The van der Waals surface area contributed by atoms with E-state index in [4.69, 9.17) is 4.74 Å². The van der Waals surface area contributed by atoms with Crippen LogP contribution in [0.4, 0.5) is 0 Å². The number of likely N-dealkylation sites (N-methyl/N-ethyl adjacent to an activating group) is 1. The number of ether oxygens (including phenoxy) is 1. The zero-order valence-corrected chi connectivity index (χ0v) is 19.5. The highest BCUT2D eigenvalue weighted by molar-refractivity contribution is 5.52. The maximum Gasteiger partial charge on any atom is 0.123 e. The number of phenolic OH excluding ortho intramolecular Hbond substituents is 1. The van der Waals surface area contributed by atoms with Crippen LogP contribution in [-0.2, 0) is 5.41 Å². The van der Waals surface area contributed by atoms with Gasteiger partial charge < -0.3 is 14.7 Å². The lowest BCUT2D eigenvalue weighted by Gasteiger charge is -2.48. The van der Waals surface area contributed by atoms with Crippen LogP contribution in [0.2, 0.25) is 0 Å². The van der Waals surface area contributed by atoms with Gasteiger partial charge in [-0.2, -0.15) is 0 Å². The molecule has 3 nitrogen and oxygen atoms in total. The molecule has 3 atom stereocenters. The van der Waals surface area contributed by atoms with Gasteiger partial charge in [-0.1, -0.05) is 88.5 Å². The summed E-state index contributed by atoms with van der Waals surface area (Å²) in [7, 11) is 2.11. The van der Waals surface area contributed by atoms with Gasteiger partial charge in [0, 0.05) is 24.1 Å². The minimum atomic E-state index is -0.332. The van der Waals surface area contributed by atoms with Crippen LogP contribution in [0.25, 0.3) is 0 Å². The van der Waals surface area contributed by atoms with E-state index in [-0.39, 0.29) is 11.5 Å². The molecule has 0 amide bonds. The van der Waals surface area contributed by atoms with Gasteiger partial charge in [0.1, 0.15) is 11.5 Å². The summed E-state index contributed by atoms with van der Waals surface area (Å²) < 4.78 is 5.96. The minimum absolute atomic E-state index is 0.129. The molecule has 0 spiro atoms. The van der Waals surface area contributed by atoms with Gasteiger partial charge in [-0.15, -0.1) is 0 Å². The second-order valence-electron chi connectivity index (χ2n) is 8.82. The average molecular weight is 422 g/mol. The Bertz CT molecular complexity index is 822. The van der Waals surface area contributed by atoms with Crippen molar-refractivity contribution >= 4 is 0 Å². The molecule has 31 heavy (non-hydrogen) atoms. The van der Waals surface area contributed by atoms with Crippen LogP contribution >= 0.6 is 0 Å². The highest BCUT2D eigenvalue weighted by Gasteiger charge is 2.46. The van der Waals surface area contributed by atoms with Gasteiger partial charge in [-0.3, -0.25) is 0 Å². The first-order valence-corrected chi connectivity index (χ1v) is 12.0. The smallest absolute Gasteiger partial charge is 0.123 e. The number of phenols is 1. The first kappa shape index (κ1) is 23.2. The molecule has 0 saturated carbocycles. The molecule has 3 rings (SSSR count). The maximum absolute atomic E-state index is 11.1. The van der Waals surface area contributed by atoms with E-state index in [9.17, 15) is 5.11 Å². The van der Waals surface area contributed by atoms with Crippen LogP contribution in [0.5, 0.6) is 11.5 Å². The first-order chi connectivity index (χ1) is 15.1. The predicted octanol–water partition coefficient (Wildman–Crippen LogP) is 6.91. The SMILES string of the molecule is CCCCCCCCOc1ccc(C2(C3C=CC=CN3C)C=CC=CC2CC)c(O)c1. The number of nitrogens with zero attached hydrogens (tertiary/aromatic N) is 1. The summed E-state index contributed by atoms with van der Waals surface area (Å²) >= 11 is 0. The lowest BCUT2D eigenvalue weighted by Crippen LogP contribution is -2.50. The highest BCUT2D eigenvalue weighted by Crippen LogP contribution is 2.48. The van der Waals surface area contributed by atoms with E-state index in [0.717, 1.165) is 24.2 Å². The minimum Gasteiger partial charge on any atom is -0.507 e. The van der Waals surface area contributed by atoms with Crippen LogP contribution in [0.15, 0.2) is 66.9 Å². The van der Waals surface area contributed by atoms with E-state index < -0.39 is 0 Å². The molecule has 1 aromatic carbocycles. The van der Waals surface area contributed by atoms with Crippen LogP contribution in [0.1, 0.15) is 64.4 Å². The number of unbranched alkanes of at least 4 members (excludes halogenated alkanes) is 5. The van der Waals surface area contributed by atoms with E-state index in [1.165, 1.54) is 32.1 Å². The third kappa shape index (κ3) is 5.26. The van der Waals surface area contributed by atoms with Gasteiger partial charge in [0.25, 0.3) is 0 Å². The van der Waals surface area contributed by atoms with Gasteiger partial charge in [0.2, 0.25) is 0 Å². The Hall–Kier alpha value is -2.42. The number of aromatic hydroxyl groups is 1. The summed E-state index contributed by atoms with van der Waals surface area (Å²) in [6, 6.07) is 6.02. The lowest BCUT2D eigenvalue weighted by molar-refractivity contribution is 0.217. The number of hydrogen-bond donors (Lipinski definition) is 1. The number of rotatable bonds is 11. The Balaban J connectivity index is 1.78. The lowest BCUT2D eigenvalue weighted by atomic mass is 9.61. The fourth-order valence-electron chi connectivity index (χ4n) is 5.06. The molecule has 2 aliphatic rings. The Morgan fingerprint density at radius 3 is 2.48 bits per heavy atom. The topological polar surface area (TPSA) is 32.7 Å². The Labute approximate surface area is 188 Å². The van der Waals surface area contributed by atoms with Gasteiger partial charge in [-0.05, 0) is 37.1 Å². The number of benzene rings is 1. The molecule has 3 unspecified atom stereocenters. The van der Waals surface area contributed by atoms with Gasteiger partial charge in [-0.25, -0.2) is 0 Å². The molecule has 1 aromatic rings. The summed E-state index contributed by atoms with van der Waals surface area (Å²) in [5.41, 5.74) is 0.630. The fraction of sp³-hybridized carbons (Fsp3) is 0.500. The third-order valence-corrected chi connectivity index (χ3v) is 6.74. The standard InChI is InChI=1S/C28H39NO2/c1-4-6-7-8-9-14-21-31-24-17-18-25(26(30)22-24)28(19-12-10-15-23(28)5-2)27-16-11-13-20-29(27)3/h10-13,15-20,22-23,27,30H,4-9,14,21H2,1-3H3. The first-order valence-electron chi connectivity index (χ1n) is 12.0. The molecular weight excluding hydrogens is 382 g/mol. The molecule has 168 valence electrons. The molecule has 3 heteroatoms. The molecule has 1 aliphatic carbocycles. The summed E-state index contributed by atoms with van der Waals surface area (Å²) in [5, 5.41) is 11.1. The van der Waals surface area contributed by atoms with Gasteiger partial charge >= 0.3 is 0 Å². The zero-order chi connectivity index (χ0) is 22.1. The van der Waals surface area contributed by atoms with E-state index in [1.807, 2.05) is 6.07 Å². The normalized spacial score (nSPS) is 24.7. The van der Waals surface area contributed by atoms with Gasteiger partial charge in [0.05, 0.1) is 12.6 Å². The van der Waals surface area contributed by atoms with E-state index in [0.29, 0.717) is 18.3 Å². The van der Waals surface area contributed by atoms with Crippen molar-refractivity contribution in [2.75, 3.05) is 13.7 Å². The monoisotopic (exact) mass is 421 g/mol. The molecule has 0 radical (unpaired) electrons. The summed E-state index contributed by atoms with van der Waals surface area (Å²) in [4.78, 5) is 2.24. The molecule has 0 fully saturated rings. The predicted molar refractivity (Wildman–Crippen MR) is 131 cm³/mol. The van der Waals surface area contributed by atoms with Crippen molar-refractivity contribution in [3.63, 3.8) is 0 Å². The summed E-state index contributed by atoms with van der Waals surface area (Å²) in [6.45, 7) is 5.17. The van der Waals surface area contributed by atoms with Crippen molar-refractivity contribution in [2.45, 2.75) is 70.3 Å². The second kappa shape index (κ2) is 11.3. The molecule has 1 N–H and O–H groups in total. The van der Waals surface area contributed by atoms with Crippen molar-refractivity contribution in [1.29, 1.82) is 0 Å². The molecule has 1 heterocycles. The summed E-state index contributed by atoms with van der Waals surface area (Å²) in [6.07, 6.45) is 25.8.